The summed E-state index contributed by atoms with van der Waals surface area (Å²) in [7, 11) is 0. The van der Waals surface area contributed by atoms with Crippen LogP contribution in [0.3, 0.4) is 0 Å². The van der Waals surface area contributed by atoms with E-state index in [1.165, 1.54) is 25.1 Å². The summed E-state index contributed by atoms with van der Waals surface area (Å²) < 4.78 is 0. The van der Waals surface area contributed by atoms with Gasteiger partial charge in [0.15, 0.2) is 0 Å². The standard InChI is InChI=1S/C24H23N3O5/c1-16-8-13-20(27(31)32)14-21(16)26-23(29)22(28)25-15-24(2,30)19-11-9-18(10-12-19)17-6-4-3-5-7-17/h3-14,30H,15H2,1-2H3,(H,25,28)(H,26,29)/t24-/m0/s1. The van der Waals surface area contributed by atoms with Crippen LogP contribution in [0.4, 0.5) is 11.4 Å². The van der Waals surface area contributed by atoms with Crippen LogP contribution in [0.1, 0.15) is 18.1 Å². The third kappa shape index (κ3) is 5.35. The average Bonchev–Trinajstić information content (AvgIpc) is 2.79. The van der Waals surface area contributed by atoms with Gasteiger partial charge in [-0.1, -0.05) is 60.7 Å². The summed E-state index contributed by atoms with van der Waals surface area (Å²) in [6.45, 7) is 2.99. The minimum absolute atomic E-state index is 0.169. The van der Waals surface area contributed by atoms with Crippen LogP contribution in [0.25, 0.3) is 11.1 Å². The number of nitrogens with zero attached hydrogens (tertiary/aromatic N) is 1. The van der Waals surface area contributed by atoms with Crippen molar-refractivity contribution < 1.29 is 19.6 Å². The van der Waals surface area contributed by atoms with Crippen molar-refractivity contribution in [2.24, 2.45) is 0 Å². The number of benzene rings is 3. The molecule has 0 bridgehead atoms. The second kappa shape index (κ2) is 9.40. The zero-order chi connectivity index (χ0) is 23.3. The molecule has 0 saturated carbocycles. The molecule has 0 aromatic heterocycles. The minimum atomic E-state index is -1.41. The van der Waals surface area contributed by atoms with Crippen molar-refractivity contribution in [3.05, 3.63) is 94.0 Å². The van der Waals surface area contributed by atoms with Gasteiger partial charge in [0.05, 0.1) is 17.2 Å². The molecule has 3 N–H and O–H groups in total. The van der Waals surface area contributed by atoms with E-state index < -0.39 is 22.3 Å². The van der Waals surface area contributed by atoms with Crippen LogP contribution in [0, 0.1) is 17.0 Å². The van der Waals surface area contributed by atoms with E-state index >= 15 is 0 Å². The highest BCUT2D eigenvalue weighted by Crippen LogP contribution is 2.25. The van der Waals surface area contributed by atoms with Gasteiger partial charge in [-0.05, 0) is 36.1 Å². The van der Waals surface area contributed by atoms with Crippen molar-refractivity contribution in [1.29, 1.82) is 0 Å². The van der Waals surface area contributed by atoms with Gasteiger partial charge in [-0.2, -0.15) is 0 Å². The number of hydrogen-bond donors (Lipinski definition) is 3. The van der Waals surface area contributed by atoms with E-state index in [2.05, 4.69) is 10.6 Å². The quantitative estimate of drug-likeness (QED) is 0.312. The minimum Gasteiger partial charge on any atom is -0.384 e. The van der Waals surface area contributed by atoms with Crippen LogP contribution in [-0.4, -0.2) is 28.4 Å². The molecular weight excluding hydrogens is 410 g/mol. The number of hydrogen-bond acceptors (Lipinski definition) is 5. The fraction of sp³-hybridized carbons (Fsp3) is 0.167. The zero-order valence-corrected chi connectivity index (χ0v) is 17.7. The lowest BCUT2D eigenvalue weighted by molar-refractivity contribution is -0.384. The molecule has 0 unspecified atom stereocenters. The first kappa shape index (κ1) is 22.6. The van der Waals surface area contributed by atoms with E-state index in [-0.39, 0.29) is 17.9 Å². The Morgan fingerprint density at radius 2 is 1.59 bits per heavy atom. The smallest absolute Gasteiger partial charge is 0.313 e. The van der Waals surface area contributed by atoms with Gasteiger partial charge in [-0.3, -0.25) is 19.7 Å². The lowest BCUT2D eigenvalue weighted by atomic mass is 9.93. The summed E-state index contributed by atoms with van der Waals surface area (Å²) >= 11 is 0. The van der Waals surface area contributed by atoms with Crippen LogP contribution in [0.5, 0.6) is 0 Å². The number of nitro benzene ring substituents is 1. The number of rotatable bonds is 6. The monoisotopic (exact) mass is 433 g/mol. The number of nitro groups is 1. The van der Waals surface area contributed by atoms with Gasteiger partial charge in [-0.15, -0.1) is 0 Å². The van der Waals surface area contributed by atoms with Gasteiger partial charge in [-0.25, -0.2) is 0 Å². The van der Waals surface area contributed by atoms with Crippen LogP contribution >= 0.6 is 0 Å². The van der Waals surface area contributed by atoms with Crippen LogP contribution in [-0.2, 0) is 15.2 Å². The van der Waals surface area contributed by atoms with Crippen molar-refractivity contribution in [1.82, 2.24) is 5.32 Å². The predicted octanol–water partition coefficient (Wildman–Crippen LogP) is 3.53. The van der Waals surface area contributed by atoms with Gasteiger partial charge in [0.25, 0.3) is 5.69 Å². The van der Waals surface area contributed by atoms with Gasteiger partial charge in [0, 0.05) is 12.1 Å². The van der Waals surface area contributed by atoms with Gasteiger partial charge < -0.3 is 15.7 Å². The number of amides is 2. The Morgan fingerprint density at radius 1 is 0.969 bits per heavy atom. The van der Waals surface area contributed by atoms with E-state index in [4.69, 9.17) is 0 Å². The molecular formula is C24H23N3O5. The van der Waals surface area contributed by atoms with E-state index in [0.717, 1.165) is 11.1 Å². The van der Waals surface area contributed by atoms with E-state index in [9.17, 15) is 24.8 Å². The molecule has 3 aromatic carbocycles. The maximum atomic E-state index is 12.2. The van der Waals surface area contributed by atoms with Crippen LogP contribution in [0.15, 0.2) is 72.8 Å². The highest BCUT2D eigenvalue weighted by Gasteiger charge is 2.26. The highest BCUT2D eigenvalue weighted by atomic mass is 16.6. The Hall–Kier alpha value is -4.04. The van der Waals surface area contributed by atoms with Crippen molar-refractivity contribution >= 4 is 23.2 Å². The summed E-state index contributed by atoms with van der Waals surface area (Å²) in [5.74, 6) is -1.94. The topological polar surface area (TPSA) is 122 Å². The molecule has 0 radical (unpaired) electrons. The lowest BCUT2D eigenvalue weighted by Crippen LogP contribution is -2.43. The molecule has 0 aliphatic heterocycles. The first-order chi connectivity index (χ1) is 15.2. The van der Waals surface area contributed by atoms with Gasteiger partial charge in [0.2, 0.25) is 0 Å². The van der Waals surface area contributed by atoms with E-state index in [1.807, 2.05) is 42.5 Å². The van der Waals surface area contributed by atoms with E-state index in [1.54, 1.807) is 19.1 Å². The molecule has 0 spiro atoms. The molecule has 0 aliphatic rings. The molecule has 0 heterocycles. The molecule has 164 valence electrons. The number of anilines is 1. The molecule has 0 saturated heterocycles. The predicted molar refractivity (Wildman–Crippen MR) is 121 cm³/mol. The third-order valence-electron chi connectivity index (χ3n) is 5.09. The number of nitrogens with one attached hydrogen (secondary N) is 2. The fourth-order valence-corrected chi connectivity index (χ4v) is 3.12. The first-order valence-corrected chi connectivity index (χ1v) is 9.90. The largest absolute Gasteiger partial charge is 0.384 e. The molecule has 32 heavy (non-hydrogen) atoms. The summed E-state index contributed by atoms with van der Waals surface area (Å²) in [6, 6.07) is 21.0. The van der Waals surface area contributed by atoms with Crippen molar-refractivity contribution in [2.75, 3.05) is 11.9 Å². The number of non-ortho nitro benzene ring substituents is 1. The normalized spacial score (nSPS) is 12.5. The van der Waals surface area contributed by atoms with Crippen LogP contribution < -0.4 is 10.6 Å². The van der Waals surface area contributed by atoms with Crippen molar-refractivity contribution in [3.8, 4) is 11.1 Å². The SMILES string of the molecule is Cc1ccc([N+](=O)[O-])cc1NC(=O)C(=O)NC[C@](C)(O)c1ccc(-c2ccccc2)cc1. The maximum Gasteiger partial charge on any atom is 0.313 e. The average molecular weight is 433 g/mol. The fourth-order valence-electron chi connectivity index (χ4n) is 3.12. The Morgan fingerprint density at radius 3 is 2.22 bits per heavy atom. The number of carbonyl (C=O) groups excluding carboxylic acids is 2. The third-order valence-corrected chi connectivity index (χ3v) is 5.09. The number of aryl methyl sites for hydroxylation is 1. The molecule has 3 rings (SSSR count). The zero-order valence-electron chi connectivity index (χ0n) is 17.7. The molecule has 2 amide bonds. The number of aliphatic hydroxyl groups is 1. The Kier molecular flexibility index (Phi) is 6.65. The Bertz CT molecular complexity index is 1140. The molecule has 1 atom stereocenters. The maximum absolute atomic E-state index is 12.2. The second-order valence-electron chi connectivity index (χ2n) is 7.61. The van der Waals surface area contributed by atoms with Crippen LogP contribution in [0.2, 0.25) is 0 Å². The van der Waals surface area contributed by atoms with Gasteiger partial charge >= 0.3 is 11.8 Å². The molecule has 8 nitrogen and oxygen atoms in total. The molecule has 3 aromatic rings. The first-order valence-electron chi connectivity index (χ1n) is 9.90. The molecule has 8 heteroatoms. The lowest BCUT2D eigenvalue weighted by Gasteiger charge is -2.24. The summed E-state index contributed by atoms with van der Waals surface area (Å²) in [6.07, 6.45) is 0. The molecule has 0 fully saturated rings. The van der Waals surface area contributed by atoms with E-state index in [0.29, 0.717) is 11.1 Å². The van der Waals surface area contributed by atoms with Crippen molar-refractivity contribution in [3.63, 3.8) is 0 Å². The molecule has 0 aliphatic carbocycles. The second-order valence-corrected chi connectivity index (χ2v) is 7.61. The summed E-state index contributed by atoms with van der Waals surface area (Å²) in [5, 5.41) is 26.5. The highest BCUT2D eigenvalue weighted by molar-refractivity contribution is 6.39. The Balaban J connectivity index is 1.62. The number of carbonyl (C=O) groups is 2. The summed E-state index contributed by atoms with van der Waals surface area (Å²) in [5.41, 5.74) is 1.73. The summed E-state index contributed by atoms with van der Waals surface area (Å²) in [4.78, 5) is 34.8. The van der Waals surface area contributed by atoms with Crippen molar-refractivity contribution in [2.45, 2.75) is 19.4 Å². The Labute approximate surface area is 185 Å². The van der Waals surface area contributed by atoms with Gasteiger partial charge in [0.1, 0.15) is 5.60 Å².